The number of hydrogen-bond donors (Lipinski definition) is 0. The summed E-state index contributed by atoms with van der Waals surface area (Å²) in [6, 6.07) is 6.84. The van der Waals surface area contributed by atoms with Crippen molar-refractivity contribution in [2.75, 3.05) is 5.33 Å². The Morgan fingerprint density at radius 2 is 2.24 bits per heavy atom. The van der Waals surface area contributed by atoms with Crippen molar-refractivity contribution in [2.24, 2.45) is 5.92 Å². The molecule has 1 atom stereocenters. The third kappa shape index (κ3) is 3.89. The van der Waals surface area contributed by atoms with E-state index in [0.29, 0.717) is 5.92 Å². The van der Waals surface area contributed by atoms with Crippen LogP contribution in [0.5, 0.6) is 0 Å². The van der Waals surface area contributed by atoms with Gasteiger partial charge in [-0.05, 0) is 36.5 Å². The lowest BCUT2D eigenvalue weighted by atomic mass is 9.97. The van der Waals surface area contributed by atoms with Gasteiger partial charge >= 0.3 is 0 Å². The molecule has 0 fully saturated rings. The number of alkyl halides is 1. The van der Waals surface area contributed by atoms with Crippen LogP contribution in [0.25, 0.3) is 0 Å². The first-order valence-electron chi connectivity index (χ1n) is 5.45. The molecule has 1 aromatic carbocycles. The van der Waals surface area contributed by atoms with Crippen LogP contribution in [0.4, 0.5) is 4.39 Å². The molecule has 0 saturated carbocycles. The molecular weight excluding hydrogens is 301 g/mol. The maximum Gasteiger partial charge on any atom is 0.123 e. The molecule has 2 rings (SSSR count). The number of thiazole rings is 1. The van der Waals surface area contributed by atoms with Crippen molar-refractivity contribution < 1.29 is 4.39 Å². The van der Waals surface area contributed by atoms with E-state index in [2.05, 4.69) is 20.9 Å². The fraction of sp³-hybridized carbons (Fsp3) is 0.308. The van der Waals surface area contributed by atoms with Crippen molar-refractivity contribution >= 4 is 27.3 Å². The standard InChI is InChI=1S/C13H13BrFNS/c14-7-11(6-13-8-16-9-17-13)4-10-2-1-3-12(15)5-10/h1-3,5,8-9,11H,4,6-7H2. The number of rotatable bonds is 5. The third-order valence-electron chi connectivity index (χ3n) is 2.60. The first-order chi connectivity index (χ1) is 8.28. The molecule has 1 nitrogen and oxygen atoms in total. The second-order valence-electron chi connectivity index (χ2n) is 4.03. The van der Waals surface area contributed by atoms with Crippen LogP contribution in [0, 0.1) is 11.7 Å². The van der Waals surface area contributed by atoms with Gasteiger partial charge in [0.2, 0.25) is 0 Å². The molecule has 0 spiro atoms. The second-order valence-corrected chi connectivity index (χ2v) is 5.64. The highest BCUT2D eigenvalue weighted by Crippen LogP contribution is 2.19. The molecule has 17 heavy (non-hydrogen) atoms. The summed E-state index contributed by atoms with van der Waals surface area (Å²) in [5.74, 6) is 0.325. The van der Waals surface area contributed by atoms with Crippen molar-refractivity contribution in [2.45, 2.75) is 12.8 Å². The van der Waals surface area contributed by atoms with Crippen molar-refractivity contribution in [3.8, 4) is 0 Å². The molecule has 2 aromatic rings. The first-order valence-corrected chi connectivity index (χ1v) is 7.46. The Kier molecular flexibility index (Phi) is 4.68. The van der Waals surface area contributed by atoms with Crippen molar-refractivity contribution in [1.82, 2.24) is 4.98 Å². The van der Waals surface area contributed by atoms with Crippen LogP contribution in [0.3, 0.4) is 0 Å². The van der Waals surface area contributed by atoms with Gasteiger partial charge in [0.15, 0.2) is 0 Å². The summed E-state index contributed by atoms with van der Waals surface area (Å²) in [4.78, 5) is 5.36. The number of hydrogen-bond acceptors (Lipinski definition) is 2. The van der Waals surface area contributed by atoms with E-state index >= 15 is 0 Å². The Bertz CT molecular complexity index is 458. The summed E-state index contributed by atoms with van der Waals surface area (Å²) in [5.41, 5.74) is 2.90. The SMILES string of the molecule is Fc1cccc(CC(CBr)Cc2cncs2)c1. The van der Waals surface area contributed by atoms with Gasteiger partial charge < -0.3 is 0 Å². The van der Waals surface area contributed by atoms with E-state index in [9.17, 15) is 4.39 Å². The van der Waals surface area contributed by atoms with E-state index in [1.807, 2.05) is 17.8 Å². The van der Waals surface area contributed by atoms with Crippen LogP contribution in [0.1, 0.15) is 10.4 Å². The van der Waals surface area contributed by atoms with Gasteiger partial charge in [0.1, 0.15) is 5.82 Å². The van der Waals surface area contributed by atoms with E-state index < -0.39 is 0 Å². The fourth-order valence-corrected chi connectivity index (χ4v) is 2.97. The lowest BCUT2D eigenvalue weighted by molar-refractivity contribution is 0.586. The molecule has 90 valence electrons. The molecule has 0 N–H and O–H groups in total. The van der Waals surface area contributed by atoms with Crippen LogP contribution in [-0.4, -0.2) is 10.3 Å². The molecule has 0 aliphatic carbocycles. The third-order valence-corrected chi connectivity index (χ3v) is 4.32. The molecule has 0 amide bonds. The van der Waals surface area contributed by atoms with Gasteiger partial charge in [0.05, 0.1) is 5.51 Å². The Morgan fingerprint density at radius 1 is 1.35 bits per heavy atom. The summed E-state index contributed by atoms with van der Waals surface area (Å²) >= 11 is 5.20. The zero-order chi connectivity index (χ0) is 12.1. The zero-order valence-electron chi connectivity index (χ0n) is 9.27. The maximum atomic E-state index is 13.1. The van der Waals surface area contributed by atoms with Crippen molar-refractivity contribution in [3.05, 3.63) is 52.2 Å². The number of aromatic nitrogens is 1. The minimum absolute atomic E-state index is 0.159. The first kappa shape index (κ1) is 12.7. The van der Waals surface area contributed by atoms with E-state index in [-0.39, 0.29) is 5.82 Å². The van der Waals surface area contributed by atoms with Crippen LogP contribution in [-0.2, 0) is 12.8 Å². The Labute approximate surface area is 113 Å². The fourth-order valence-electron chi connectivity index (χ4n) is 1.81. The summed E-state index contributed by atoms with van der Waals surface area (Å²) in [6.45, 7) is 0. The minimum atomic E-state index is -0.159. The molecular formula is C13H13BrFNS. The lowest BCUT2D eigenvalue weighted by Gasteiger charge is -2.12. The van der Waals surface area contributed by atoms with Gasteiger partial charge in [-0.15, -0.1) is 11.3 Å². The van der Waals surface area contributed by atoms with Gasteiger partial charge in [-0.25, -0.2) is 4.39 Å². The average Bonchev–Trinajstić information content (AvgIpc) is 2.81. The molecule has 1 aromatic heterocycles. The van der Waals surface area contributed by atoms with E-state index in [4.69, 9.17) is 0 Å². The second kappa shape index (κ2) is 6.26. The highest BCUT2D eigenvalue weighted by atomic mass is 79.9. The topological polar surface area (TPSA) is 12.9 Å². The van der Waals surface area contributed by atoms with Crippen LogP contribution < -0.4 is 0 Å². The Balaban J connectivity index is 2.00. The maximum absolute atomic E-state index is 13.1. The lowest BCUT2D eigenvalue weighted by Crippen LogP contribution is -2.09. The molecule has 0 aliphatic heterocycles. The summed E-state index contributed by atoms with van der Waals surface area (Å²) in [7, 11) is 0. The number of nitrogens with zero attached hydrogens (tertiary/aromatic N) is 1. The molecule has 1 heterocycles. The molecule has 1 unspecified atom stereocenters. The van der Waals surface area contributed by atoms with Gasteiger partial charge in [0, 0.05) is 16.4 Å². The van der Waals surface area contributed by atoms with E-state index in [1.54, 1.807) is 23.5 Å². The molecule has 0 saturated heterocycles. The highest BCUT2D eigenvalue weighted by molar-refractivity contribution is 9.09. The van der Waals surface area contributed by atoms with Gasteiger partial charge in [-0.2, -0.15) is 0 Å². The van der Waals surface area contributed by atoms with E-state index in [0.717, 1.165) is 23.7 Å². The van der Waals surface area contributed by atoms with Crippen LogP contribution >= 0.6 is 27.3 Å². The summed E-state index contributed by atoms with van der Waals surface area (Å²) in [5, 5.41) is 0.918. The van der Waals surface area contributed by atoms with Crippen molar-refractivity contribution in [3.63, 3.8) is 0 Å². The quantitative estimate of drug-likeness (QED) is 0.758. The van der Waals surface area contributed by atoms with E-state index in [1.165, 1.54) is 10.9 Å². The van der Waals surface area contributed by atoms with Crippen LogP contribution in [0.15, 0.2) is 36.0 Å². The molecule has 0 radical (unpaired) electrons. The largest absolute Gasteiger partial charge is 0.253 e. The predicted octanol–water partition coefficient (Wildman–Crippen LogP) is 4.08. The summed E-state index contributed by atoms with van der Waals surface area (Å²) < 4.78 is 13.1. The normalized spacial score (nSPS) is 12.6. The Morgan fingerprint density at radius 3 is 2.88 bits per heavy atom. The highest BCUT2D eigenvalue weighted by Gasteiger charge is 2.10. The monoisotopic (exact) mass is 313 g/mol. The van der Waals surface area contributed by atoms with Gasteiger partial charge in [-0.1, -0.05) is 28.1 Å². The predicted molar refractivity (Wildman–Crippen MR) is 73.2 cm³/mol. The smallest absolute Gasteiger partial charge is 0.123 e. The Hall–Kier alpha value is -0.740. The van der Waals surface area contributed by atoms with Crippen LogP contribution in [0.2, 0.25) is 0 Å². The van der Waals surface area contributed by atoms with Gasteiger partial charge in [-0.3, -0.25) is 4.98 Å². The summed E-state index contributed by atoms with van der Waals surface area (Å²) in [6.07, 6.45) is 3.79. The average molecular weight is 314 g/mol. The number of halogens is 2. The van der Waals surface area contributed by atoms with Crippen molar-refractivity contribution in [1.29, 1.82) is 0 Å². The number of benzene rings is 1. The zero-order valence-corrected chi connectivity index (χ0v) is 11.7. The minimum Gasteiger partial charge on any atom is -0.253 e. The molecule has 0 bridgehead atoms. The molecule has 4 heteroatoms. The van der Waals surface area contributed by atoms with Gasteiger partial charge in [0.25, 0.3) is 0 Å². The molecule has 0 aliphatic rings.